The number of rotatable bonds is 12. The average Bonchev–Trinajstić information content (AvgIpc) is 3.08. The summed E-state index contributed by atoms with van der Waals surface area (Å²) in [6.45, 7) is 3.99. The minimum atomic E-state index is -0.650. The van der Waals surface area contributed by atoms with Gasteiger partial charge < -0.3 is 19.1 Å². The number of carbonyl (C=O) groups is 2. The third kappa shape index (κ3) is 5.40. The molecular weight excluding hydrogens is 427 g/mol. The summed E-state index contributed by atoms with van der Waals surface area (Å²) in [5.41, 5.74) is 0.865. The minimum absolute atomic E-state index is 0.0821. The maximum absolute atomic E-state index is 14.6. The van der Waals surface area contributed by atoms with Gasteiger partial charge in [0.25, 0.3) is 11.8 Å². The molecule has 33 heavy (non-hydrogen) atoms. The third-order valence-corrected chi connectivity index (χ3v) is 5.22. The van der Waals surface area contributed by atoms with Crippen molar-refractivity contribution in [2.75, 3.05) is 52.0 Å². The van der Waals surface area contributed by atoms with Crippen molar-refractivity contribution < 1.29 is 28.2 Å². The molecule has 3 rings (SSSR count). The van der Waals surface area contributed by atoms with Gasteiger partial charge in [-0.05, 0) is 36.2 Å². The summed E-state index contributed by atoms with van der Waals surface area (Å²) in [7, 11) is 3.12. The Morgan fingerprint density at radius 3 is 2.09 bits per heavy atom. The Morgan fingerprint density at radius 1 is 0.879 bits per heavy atom. The second-order valence-corrected chi connectivity index (χ2v) is 7.47. The number of halogens is 1. The van der Waals surface area contributed by atoms with Crippen molar-refractivity contribution in [2.24, 2.45) is 0 Å². The Balaban J connectivity index is 2.09. The molecule has 2 amide bonds. The Labute approximate surface area is 193 Å². The molecule has 176 valence electrons. The fourth-order valence-corrected chi connectivity index (χ4v) is 3.60. The van der Waals surface area contributed by atoms with Crippen molar-refractivity contribution in [1.29, 1.82) is 0 Å². The van der Waals surface area contributed by atoms with Crippen molar-refractivity contribution in [2.45, 2.75) is 13.3 Å². The molecule has 0 aliphatic carbocycles. The highest BCUT2D eigenvalue weighted by molar-refractivity contribution is 6.45. The number of methoxy groups -OCH3 is 2. The molecule has 0 N–H and O–H groups in total. The molecule has 2 aromatic rings. The molecule has 1 heterocycles. The normalized spacial score (nSPS) is 13.8. The maximum atomic E-state index is 14.6. The lowest BCUT2D eigenvalue weighted by atomic mass is 10.0. The SMILES string of the molecule is CCCOc1ccc(C2=C(N(CCOC)CCOC)C(=O)N(c3ccccc3F)C2=O)cc1. The monoisotopic (exact) mass is 456 g/mol. The second-order valence-electron chi connectivity index (χ2n) is 7.47. The molecule has 0 bridgehead atoms. The number of carbonyl (C=O) groups excluding carboxylic acids is 2. The molecule has 0 radical (unpaired) electrons. The van der Waals surface area contributed by atoms with Gasteiger partial charge in [-0.15, -0.1) is 0 Å². The van der Waals surface area contributed by atoms with Crippen molar-refractivity contribution in [3.8, 4) is 5.75 Å². The number of ether oxygens (including phenoxy) is 3. The zero-order chi connectivity index (χ0) is 23.8. The molecule has 0 atom stereocenters. The summed E-state index contributed by atoms with van der Waals surface area (Å²) in [4.78, 5) is 29.8. The van der Waals surface area contributed by atoms with Crippen molar-refractivity contribution >= 4 is 23.1 Å². The van der Waals surface area contributed by atoms with Crippen LogP contribution in [0.25, 0.3) is 5.57 Å². The minimum Gasteiger partial charge on any atom is -0.494 e. The van der Waals surface area contributed by atoms with Crippen LogP contribution in [0.3, 0.4) is 0 Å². The smallest absolute Gasteiger partial charge is 0.282 e. The van der Waals surface area contributed by atoms with Crippen LogP contribution >= 0.6 is 0 Å². The van der Waals surface area contributed by atoms with Gasteiger partial charge in [-0.3, -0.25) is 9.59 Å². The summed E-state index contributed by atoms with van der Waals surface area (Å²) in [5, 5.41) is 0. The lowest BCUT2D eigenvalue weighted by Crippen LogP contribution is -2.38. The first-order valence-corrected chi connectivity index (χ1v) is 10.9. The van der Waals surface area contributed by atoms with E-state index in [0.29, 0.717) is 44.2 Å². The molecule has 1 aliphatic rings. The van der Waals surface area contributed by atoms with E-state index in [4.69, 9.17) is 14.2 Å². The van der Waals surface area contributed by atoms with E-state index >= 15 is 0 Å². The van der Waals surface area contributed by atoms with Gasteiger partial charge >= 0.3 is 0 Å². The number of hydrogen-bond acceptors (Lipinski definition) is 6. The van der Waals surface area contributed by atoms with Crippen molar-refractivity contribution in [3.63, 3.8) is 0 Å². The third-order valence-electron chi connectivity index (χ3n) is 5.22. The Kier molecular flexibility index (Phi) is 8.57. The van der Waals surface area contributed by atoms with E-state index in [-0.39, 0.29) is 17.0 Å². The largest absolute Gasteiger partial charge is 0.494 e. The van der Waals surface area contributed by atoms with Gasteiger partial charge in [-0.25, -0.2) is 9.29 Å². The van der Waals surface area contributed by atoms with Gasteiger partial charge in [0.05, 0.1) is 31.1 Å². The van der Waals surface area contributed by atoms with Crippen LogP contribution in [0.1, 0.15) is 18.9 Å². The lowest BCUT2D eigenvalue weighted by molar-refractivity contribution is -0.120. The predicted molar refractivity (Wildman–Crippen MR) is 123 cm³/mol. The average molecular weight is 457 g/mol. The first-order chi connectivity index (χ1) is 16.0. The number of anilines is 1. The van der Waals surface area contributed by atoms with Gasteiger partial charge in [-0.1, -0.05) is 31.2 Å². The lowest BCUT2D eigenvalue weighted by Gasteiger charge is -2.25. The van der Waals surface area contributed by atoms with Crippen LogP contribution < -0.4 is 9.64 Å². The summed E-state index contributed by atoms with van der Waals surface area (Å²) < 4.78 is 30.6. The van der Waals surface area contributed by atoms with Crippen LogP contribution in [0, 0.1) is 5.82 Å². The van der Waals surface area contributed by atoms with Crippen molar-refractivity contribution in [3.05, 3.63) is 65.6 Å². The number of amides is 2. The van der Waals surface area contributed by atoms with Crippen LogP contribution in [-0.4, -0.2) is 63.8 Å². The molecule has 2 aromatic carbocycles. The summed E-state index contributed by atoms with van der Waals surface area (Å²) in [6, 6.07) is 12.7. The molecule has 0 aromatic heterocycles. The zero-order valence-electron chi connectivity index (χ0n) is 19.2. The van der Waals surface area contributed by atoms with Crippen LogP contribution in [0.2, 0.25) is 0 Å². The van der Waals surface area contributed by atoms with E-state index in [9.17, 15) is 14.0 Å². The molecule has 0 spiro atoms. The van der Waals surface area contributed by atoms with Gasteiger partial charge in [0, 0.05) is 27.3 Å². The molecule has 7 nitrogen and oxygen atoms in total. The van der Waals surface area contributed by atoms with Crippen LogP contribution in [0.4, 0.5) is 10.1 Å². The standard InChI is InChI=1S/C25H29FN2O5/c1-4-15-33-19-11-9-18(10-12-19)22-23(27(13-16-31-2)14-17-32-3)25(30)28(24(22)29)21-8-6-5-7-20(21)26/h5-12H,4,13-17H2,1-3H3. The topological polar surface area (TPSA) is 68.3 Å². The number of benzene rings is 2. The summed E-state index contributed by atoms with van der Waals surface area (Å²) >= 11 is 0. The van der Waals surface area contributed by atoms with Gasteiger partial charge in [0.2, 0.25) is 0 Å². The molecule has 0 unspecified atom stereocenters. The van der Waals surface area contributed by atoms with Crippen LogP contribution in [0.5, 0.6) is 5.75 Å². The van der Waals surface area contributed by atoms with Gasteiger partial charge in [0.1, 0.15) is 17.3 Å². The first kappa shape index (κ1) is 24.4. The molecular formula is C25H29FN2O5. The Morgan fingerprint density at radius 2 is 1.52 bits per heavy atom. The van der Waals surface area contributed by atoms with E-state index in [1.165, 1.54) is 18.2 Å². The molecule has 8 heteroatoms. The summed E-state index contributed by atoms with van der Waals surface area (Å²) in [6.07, 6.45) is 0.871. The molecule has 0 saturated carbocycles. The second kappa shape index (κ2) is 11.6. The molecule has 0 fully saturated rings. The van der Waals surface area contributed by atoms with E-state index in [1.807, 2.05) is 6.92 Å². The highest BCUT2D eigenvalue weighted by atomic mass is 19.1. The molecule has 0 saturated heterocycles. The highest BCUT2D eigenvalue weighted by Crippen LogP contribution is 2.36. The Hall–Kier alpha value is -3.23. The first-order valence-electron chi connectivity index (χ1n) is 10.9. The van der Waals surface area contributed by atoms with Gasteiger partial charge in [-0.2, -0.15) is 0 Å². The van der Waals surface area contributed by atoms with Gasteiger partial charge in [0.15, 0.2) is 0 Å². The summed E-state index contributed by atoms with van der Waals surface area (Å²) in [5.74, 6) is -1.15. The number of nitrogens with zero attached hydrogens (tertiary/aromatic N) is 2. The fourth-order valence-electron chi connectivity index (χ4n) is 3.60. The van der Waals surface area contributed by atoms with Crippen LogP contribution in [-0.2, 0) is 19.1 Å². The molecule has 1 aliphatic heterocycles. The van der Waals surface area contributed by atoms with E-state index in [1.54, 1.807) is 49.5 Å². The number of para-hydroxylation sites is 1. The quantitative estimate of drug-likeness (QED) is 0.456. The van der Waals surface area contributed by atoms with E-state index < -0.39 is 17.6 Å². The Bertz CT molecular complexity index is 998. The maximum Gasteiger partial charge on any atom is 0.282 e. The highest BCUT2D eigenvalue weighted by Gasteiger charge is 2.43. The van der Waals surface area contributed by atoms with E-state index in [2.05, 4.69) is 0 Å². The van der Waals surface area contributed by atoms with Crippen molar-refractivity contribution in [1.82, 2.24) is 4.90 Å². The van der Waals surface area contributed by atoms with Crippen LogP contribution in [0.15, 0.2) is 54.2 Å². The number of imide groups is 1. The van der Waals surface area contributed by atoms with E-state index in [0.717, 1.165) is 11.3 Å². The predicted octanol–water partition coefficient (Wildman–Crippen LogP) is 3.49. The zero-order valence-corrected chi connectivity index (χ0v) is 19.2. The fraction of sp³-hybridized carbons (Fsp3) is 0.360. The number of hydrogen-bond donors (Lipinski definition) is 0.